The number of tetrazole rings is 1. The summed E-state index contributed by atoms with van der Waals surface area (Å²) in [6.45, 7) is 4.50. The number of nitrogens with one attached hydrogen (secondary N) is 1. The molecule has 0 unspecified atom stereocenters. The van der Waals surface area contributed by atoms with Gasteiger partial charge in [-0.2, -0.15) is 5.21 Å². The number of rotatable bonds is 6. The van der Waals surface area contributed by atoms with Crippen molar-refractivity contribution in [2.24, 2.45) is 5.92 Å². The SMILES string of the molecule is CC(C)Cc1ccc(CCCc2nn[nH]n2)cc1. The quantitative estimate of drug-likeness (QED) is 0.849. The Hall–Kier alpha value is -1.71. The lowest BCUT2D eigenvalue weighted by atomic mass is 10.00. The summed E-state index contributed by atoms with van der Waals surface area (Å²) in [6, 6.07) is 8.94. The highest BCUT2D eigenvalue weighted by Gasteiger charge is 2.00. The normalized spacial score (nSPS) is 11.1. The van der Waals surface area contributed by atoms with Crippen LogP contribution in [-0.2, 0) is 19.3 Å². The summed E-state index contributed by atoms with van der Waals surface area (Å²) < 4.78 is 0. The summed E-state index contributed by atoms with van der Waals surface area (Å²) in [5.41, 5.74) is 2.80. The van der Waals surface area contributed by atoms with Gasteiger partial charge in [-0.1, -0.05) is 43.3 Å². The second kappa shape index (κ2) is 6.28. The fourth-order valence-electron chi connectivity index (χ4n) is 2.05. The van der Waals surface area contributed by atoms with Crippen LogP contribution in [0.4, 0.5) is 0 Å². The van der Waals surface area contributed by atoms with E-state index in [-0.39, 0.29) is 0 Å². The minimum Gasteiger partial charge on any atom is -0.177 e. The third-order valence-corrected chi connectivity index (χ3v) is 2.92. The maximum absolute atomic E-state index is 3.95. The summed E-state index contributed by atoms with van der Waals surface area (Å²) in [7, 11) is 0. The Balaban J connectivity index is 1.79. The molecule has 0 fully saturated rings. The zero-order valence-corrected chi connectivity index (χ0v) is 11.1. The van der Waals surface area contributed by atoms with E-state index < -0.39 is 0 Å². The number of hydrogen-bond acceptors (Lipinski definition) is 3. The van der Waals surface area contributed by atoms with Crippen LogP contribution in [-0.4, -0.2) is 20.6 Å². The molecule has 1 heterocycles. The Morgan fingerprint density at radius 3 is 2.39 bits per heavy atom. The Labute approximate surface area is 108 Å². The second-order valence-corrected chi connectivity index (χ2v) is 5.10. The lowest BCUT2D eigenvalue weighted by molar-refractivity contribution is 0.647. The maximum Gasteiger partial charge on any atom is 0.174 e. The highest BCUT2D eigenvalue weighted by Crippen LogP contribution is 2.11. The molecule has 0 bridgehead atoms. The third kappa shape index (κ3) is 3.95. The first-order valence-corrected chi connectivity index (χ1v) is 6.54. The fraction of sp³-hybridized carbons (Fsp3) is 0.500. The Morgan fingerprint density at radius 1 is 1.06 bits per heavy atom. The van der Waals surface area contributed by atoms with Gasteiger partial charge in [-0.25, -0.2) is 0 Å². The topological polar surface area (TPSA) is 54.5 Å². The molecule has 0 radical (unpaired) electrons. The first-order valence-electron chi connectivity index (χ1n) is 6.54. The Morgan fingerprint density at radius 2 is 1.78 bits per heavy atom. The summed E-state index contributed by atoms with van der Waals surface area (Å²) in [6.07, 6.45) is 4.16. The minimum absolute atomic E-state index is 0.717. The van der Waals surface area contributed by atoms with Crippen molar-refractivity contribution in [3.05, 3.63) is 41.2 Å². The highest BCUT2D eigenvalue weighted by molar-refractivity contribution is 5.23. The van der Waals surface area contributed by atoms with Crippen LogP contribution in [0.2, 0.25) is 0 Å². The predicted molar refractivity (Wildman–Crippen MR) is 71.2 cm³/mol. The molecule has 1 aromatic heterocycles. The van der Waals surface area contributed by atoms with Gasteiger partial charge in [0.05, 0.1) is 0 Å². The molecule has 2 aromatic rings. The monoisotopic (exact) mass is 244 g/mol. The molecular formula is C14H20N4. The molecular weight excluding hydrogens is 224 g/mol. The van der Waals surface area contributed by atoms with Crippen molar-refractivity contribution in [2.75, 3.05) is 0 Å². The van der Waals surface area contributed by atoms with Gasteiger partial charge in [0.25, 0.3) is 0 Å². The molecule has 1 aromatic carbocycles. The van der Waals surface area contributed by atoms with Crippen LogP contribution in [0.15, 0.2) is 24.3 Å². The third-order valence-electron chi connectivity index (χ3n) is 2.92. The fourth-order valence-corrected chi connectivity index (χ4v) is 2.05. The minimum atomic E-state index is 0.717. The van der Waals surface area contributed by atoms with Gasteiger partial charge >= 0.3 is 0 Å². The molecule has 0 amide bonds. The average Bonchev–Trinajstić information content (AvgIpc) is 2.84. The predicted octanol–water partition coefficient (Wildman–Crippen LogP) is 2.57. The van der Waals surface area contributed by atoms with Crippen LogP contribution in [0.5, 0.6) is 0 Å². The number of benzene rings is 1. The van der Waals surface area contributed by atoms with Crippen LogP contribution in [0, 0.1) is 5.92 Å². The van der Waals surface area contributed by atoms with Crippen molar-refractivity contribution in [3.63, 3.8) is 0 Å². The maximum atomic E-state index is 3.95. The lowest BCUT2D eigenvalue weighted by Crippen LogP contribution is -1.95. The van der Waals surface area contributed by atoms with Gasteiger partial charge < -0.3 is 0 Å². The van der Waals surface area contributed by atoms with E-state index in [1.807, 2.05) is 0 Å². The number of aryl methyl sites for hydroxylation is 2. The number of H-pyrrole nitrogens is 1. The molecule has 18 heavy (non-hydrogen) atoms. The zero-order valence-electron chi connectivity index (χ0n) is 11.1. The summed E-state index contributed by atoms with van der Waals surface area (Å²) in [4.78, 5) is 0. The Bertz CT molecular complexity index is 445. The van der Waals surface area contributed by atoms with E-state index in [1.165, 1.54) is 11.1 Å². The van der Waals surface area contributed by atoms with Crippen molar-refractivity contribution >= 4 is 0 Å². The van der Waals surface area contributed by atoms with Crippen LogP contribution >= 0.6 is 0 Å². The molecule has 0 saturated heterocycles. The van der Waals surface area contributed by atoms with Crippen molar-refractivity contribution in [1.29, 1.82) is 0 Å². The molecule has 4 heteroatoms. The van der Waals surface area contributed by atoms with Crippen LogP contribution in [0.1, 0.15) is 37.2 Å². The molecule has 0 aliphatic carbocycles. The van der Waals surface area contributed by atoms with E-state index in [0.717, 1.165) is 31.5 Å². The number of hydrogen-bond donors (Lipinski definition) is 1. The van der Waals surface area contributed by atoms with Gasteiger partial charge in [-0.15, -0.1) is 10.2 Å². The zero-order chi connectivity index (χ0) is 12.8. The van der Waals surface area contributed by atoms with E-state index in [0.29, 0.717) is 5.92 Å². The van der Waals surface area contributed by atoms with Crippen LogP contribution in [0.3, 0.4) is 0 Å². The highest BCUT2D eigenvalue weighted by atomic mass is 15.5. The summed E-state index contributed by atoms with van der Waals surface area (Å²) in [5, 5.41) is 13.9. The van der Waals surface area contributed by atoms with E-state index in [2.05, 4.69) is 58.7 Å². The molecule has 2 rings (SSSR count). The van der Waals surface area contributed by atoms with Gasteiger partial charge in [0.1, 0.15) is 0 Å². The summed E-state index contributed by atoms with van der Waals surface area (Å²) in [5.74, 6) is 1.51. The molecule has 1 N–H and O–H groups in total. The van der Waals surface area contributed by atoms with Crippen LogP contribution in [0.25, 0.3) is 0 Å². The van der Waals surface area contributed by atoms with Gasteiger partial charge in [-0.3, -0.25) is 0 Å². The first-order chi connectivity index (χ1) is 8.74. The molecule has 0 aliphatic heterocycles. The van der Waals surface area contributed by atoms with Crippen molar-refractivity contribution in [1.82, 2.24) is 20.6 Å². The smallest absolute Gasteiger partial charge is 0.174 e. The molecule has 0 spiro atoms. The standard InChI is InChI=1S/C14H20N4/c1-11(2)10-13-8-6-12(7-9-13)4-3-5-14-15-17-18-16-14/h6-9,11H,3-5,10H2,1-2H3,(H,15,16,17,18). The van der Waals surface area contributed by atoms with E-state index in [1.54, 1.807) is 0 Å². The van der Waals surface area contributed by atoms with Gasteiger partial charge in [0, 0.05) is 6.42 Å². The number of aromatic nitrogens is 4. The van der Waals surface area contributed by atoms with Crippen molar-refractivity contribution in [2.45, 2.75) is 39.5 Å². The van der Waals surface area contributed by atoms with Gasteiger partial charge in [0.2, 0.25) is 0 Å². The number of aromatic amines is 1. The molecule has 4 nitrogen and oxygen atoms in total. The van der Waals surface area contributed by atoms with Gasteiger partial charge in [-0.05, 0) is 36.3 Å². The Kier molecular flexibility index (Phi) is 4.45. The largest absolute Gasteiger partial charge is 0.177 e. The molecule has 0 aliphatic rings. The van der Waals surface area contributed by atoms with Crippen molar-refractivity contribution in [3.8, 4) is 0 Å². The molecule has 96 valence electrons. The molecule has 0 saturated carbocycles. The second-order valence-electron chi connectivity index (χ2n) is 5.10. The van der Waals surface area contributed by atoms with Crippen molar-refractivity contribution < 1.29 is 0 Å². The lowest BCUT2D eigenvalue weighted by Gasteiger charge is -2.06. The van der Waals surface area contributed by atoms with E-state index in [4.69, 9.17) is 0 Å². The average molecular weight is 244 g/mol. The van der Waals surface area contributed by atoms with E-state index in [9.17, 15) is 0 Å². The van der Waals surface area contributed by atoms with Crippen LogP contribution < -0.4 is 0 Å². The number of nitrogens with zero attached hydrogens (tertiary/aromatic N) is 3. The summed E-state index contributed by atoms with van der Waals surface area (Å²) >= 11 is 0. The van der Waals surface area contributed by atoms with Gasteiger partial charge in [0.15, 0.2) is 5.82 Å². The van der Waals surface area contributed by atoms with E-state index >= 15 is 0 Å². The molecule has 0 atom stereocenters. The first kappa shape index (κ1) is 12.7.